The average Bonchev–Trinajstić information content (AvgIpc) is 2.82. The molecule has 1 heterocycles. The summed E-state index contributed by atoms with van der Waals surface area (Å²) >= 11 is 12.8. The average molecular weight is 530 g/mol. The summed E-state index contributed by atoms with van der Waals surface area (Å²) in [6, 6.07) is 19.3. The molecule has 0 bridgehead atoms. The van der Waals surface area contributed by atoms with Crippen molar-refractivity contribution in [3.8, 4) is 0 Å². The van der Waals surface area contributed by atoms with Crippen LogP contribution in [0.25, 0.3) is 0 Å². The van der Waals surface area contributed by atoms with Gasteiger partial charge >= 0.3 is 5.97 Å². The quantitative estimate of drug-likeness (QED) is 0.282. The zero-order chi connectivity index (χ0) is 26.5. The van der Waals surface area contributed by atoms with E-state index in [0.29, 0.717) is 30.1 Å². The lowest BCUT2D eigenvalue weighted by Crippen LogP contribution is -2.31. The van der Waals surface area contributed by atoms with Gasteiger partial charge in [0.25, 0.3) is 5.56 Å². The van der Waals surface area contributed by atoms with Crippen LogP contribution in [0.3, 0.4) is 0 Å². The van der Waals surface area contributed by atoms with Gasteiger partial charge in [0, 0.05) is 19.1 Å². The molecule has 7 heteroatoms. The molecule has 0 aliphatic heterocycles. The summed E-state index contributed by atoms with van der Waals surface area (Å²) in [6.45, 7) is 8.57. The van der Waals surface area contributed by atoms with Gasteiger partial charge in [-0.3, -0.25) is 9.69 Å². The summed E-state index contributed by atoms with van der Waals surface area (Å²) in [7, 11) is 2.04. The van der Waals surface area contributed by atoms with Crippen molar-refractivity contribution >= 4 is 29.2 Å². The van der Waals surface area contributed by atoms with Gasteiger partial charge in [-0.05, 0) is 70.0 Å². The number of benzene rings is 2. The monoisotopic (exact) mass is 528 g/mol. The van der Waals surface area contributed by atoms with E-state index in [2.05, 4.69) is 24.0 Å². The molecular formula is C29H34Cl2N2O3. The molecule has 192 valence electrons. The number of aromatic nitrogens is 1. The Kier molecular flexibility index (Phi) is 9.40. The van der Waals surface area contributed by atoms with Crippen LogP contribution in [0.2, 0.25) is 10.0 Å². The summed E-state index contributed by atoms with van der Waals surface area (Å²) < 4.78 is 7.10. The first-order chi connectivity index (χ1) is 17.0. The van der Waals surface area contributed by atoms with E-state index in [9.17, 15) is 9.59 Å². The topological polar surface area (TPSA) is 51.5 Å². The van der Waals surface area contributed by atoms with Gasteiger partial charge in [-0.15, -0.1) is 0 Å². The Bertz CT molecular complexity index is 1230. The van der Waals surface area contributed by atoms with Crippen LogP contribution in [0.4, 0.5) is 0 Å². The van der Waals surface area contributed by atoms with E-state index in [1.807, 2.05) is 58.2 Å². The molecule has 0 fully saturated rings. The number of hydrogen-bond donors (Lipinski definition) is 0. The second-order valence-electron chi connectivity index (χ2n) is 9.94. The number of carbonyl (C=O) groups is 1. The van der Waals surface area contributed by atoms with Crippen LogP contribution < -0.4 is 5.56 Å². The highest BCUT2D eigenvalue weighted by Crippen LogP contribution is 2.27. The summed E-state index contributed by atoms with van der Waals surface area (Å²) in [4.78, 5) is 27.5. The number of nitrogens with zero attached hydrogens (tertiary/aromatic N) is 2. The molecule has 0 aliphatic carbocycles. The minimum Gasteiger partial charge on any atom is -0.456 e. The first kappa shape index (κ1) is 28.0. The number of hydrogen-bond acceptors (Lipinski definition) is 4. The minimum absolute atomic E-state index is 0.0989. The Morgan fingerprint density at radius 2 is 1.67 bits per heavy atom. The van der Waals surface area contributed by atoms with E-state index in [1.54, 1.807) is 16.7 Å². The molecule has 36 heavy (non-hydrogen) atoms. The first-order valence-electron chi connectivity index (χ1n) is 12.2. The number of esters is 1. The van der Waals surface area contributed by atoms with Crippen molar-refractivity contribution in [3.63, 3.8) is 0 Å². The van der Waals surface area contributed by atoms with E-state index in [-0.39, 0.29) is 22.6 Å². The number of ether oxygens (including phenoxy) is 1. The molecule has 3 rings (SSSR count). The van der Waals surface area contributed by atoms with Gasteiger partial charge in [-0.1, -0.05) is 72.6 Å². The number of halogens is 2. The third-order valence-corrected chi connectivity index (χ3v) is 6.62. The number of aryl methyl sites for hydroxylation is 1. The zero-order valence-electron chi connectivity index (χ0n) is 21.6. The Morgan fingerprint density at radius 1 is 1.03 bits per heavy atom. The molecule has 0 amide bonds. The first-order valence-corrected chi connectivity index (χ1v) is 12.9. The molecule has 3 aromatic rings. The molecular weight excluding hydrogens is 495 g/mol. The van der Waals surface area contributed by atoms with E-state index >= 15 is 0 Å². The molecule has 5 nitrogen and oxygen atoms in total. The van der Waals surface area contributed by atoms with Crippen LogP contribution in [-0.2, 0) is 24.2 Å². The number of pyridine rings is 1. The van der Waals surface area contributed by atoms with Crippen molar-refractivity contribution in [2.45, 2.75) is 65.3 Å². The van der Waals surface area contributed by atoms with E-state index < -0.39 is 5.60 Å². The predicted molar refractivity (Wildman–Crippen MR) is 147 cm³/mol. The lowest BCUT2D eigenvalue weighted by atomic mass is 10.0. The maximum atomic E-state index is 13.0. The maximum Gasteiger partial charge on any atom is 0.338 e. The van der Waals surface area contributed by atoms with Crippen LogP contribution in [0.1, 0.15) is 67.3 Å². The van der Waals surface area contributed by atoms with Gasteiger partial charge in [-0.25, -0.2) is 4.79 Å². The van der Waals surface area contributed by atoms with Gasteiger partial charge < -0.3 is 9.30 Å². The fourth-order valence-electron chi connectivity index (χ4n) is 4.24. The second-order valence-corrected chi connectivity index (χ2v) is 10.8. The predicted octanol–water partition coefficient (Wildman–Crippen LogP) is 6.94. The van der Waals surface area contributed by atoms with Crippen molar-refractivity contribution in [1.29, 1.82) is 0 Å². The highest BCUT2D eigenvalue weighted by molar-refractivity contribution is 6.34. The normalized spacial score (nSPS) is 12.6. The Morgan fingerprint density at radius 3 is 2.25 bits per heavy atom. The van der Waals surface area contributed by atoms with Crippen molar-refractivity contribution in [2.24, 2.45) is 0 Å². The summed E-state index contributed by atoms with van der Waals surface area (Å²) in [5.74, 6) is -0.360. The Balaban J connectivity index is 1.80. The molecule has 0 spiro atoms. The van der Waals surface area contributed by atoms with Crippen LogP contribution in [0, 0.1) is 0 Å². The van der Waals surface area contributed by atoms with Gasteiger partial charge in [0.05, 0.1) is 16.3 Å². The van der Waals surface area contributed by atoms with Gasteiger partial charge in [0.2, 0.25) is 0 Å². The second kappa shape index (κ2) is 12.1. The largest absolute Gasteiger partial charge is 0.456 e. The summed E-state index contributed by atoms with van der Waals surface area (Å²) in [6.07, 6.45) is 1.50. The fraction of sp³-hybridized carbons (Fsp3) is 0.379. The molecule has 1 atom stereocenters. The molecule has 0 aliphatic rings. The molecule has 0 saturated heterocycles. The smallest absolute Gasteiger partial charge is 0.338 e. The lowest BCUT2D eigenvalue weighted by molar-refractivity contribution is 0.00695. The molecule has 1 aromatic heterocycles. The Labute approximate surface area is 223 Å². The van der Waals surface area contributed by atoms with Crippen LogP contribution in [0.5, 0.6) is 0 Å². The molecule has 2 aromatic carbocycles. The van der Waals surface area contributed by atoms with Crippen molar-refractivity contribution < 1.29 is 9.53 Å². The molecule has 1 unspecified atom stereocenters. The summed E-state index contributed by atoms with van der Waals surface area (Å²) in [5, 5.41) is 0.566. The van der Waals surface area contributed by atoms with Gasteiger partial charge in [0.1, 0.15) is 10.6 Å². The highest BCUT2D eigenvalue weighted by Gasteiger charge is 2.21. The summed E-state index contributed by atoms with van der Waals surface area (Å²) in [5.41, 5.74) is 2.61. The molecule has 0 radical (unpaired) electrons. The maximum absolute atomic E-state index is 13.0. The van der Waals surface area contributed by atoms with Crippen molar-refractivity contribution in [2.75, 3.05) is 7.05 Å². The zero-order valence-corrected chi connectivity index (χ0v) is 23.1. The minimum atomic E-state index is -0.552. The number of carbonyl (C=O) groups excluding carboxylic acids is 1. The van der Waals surface area contributed by atoms with Gasteiger partial charge in [0.15, 0.2) is 0 Å². The number of rotatable bonds is 9. The van der Waals surface area contributed by atoms with Crippen LogP contribution >= 0.6 is 23.2 Å². The van der Waals surface area contributed by atoms with E-state index in [1.165, 1.54) is 11.6 Å². The van der Waals surface area contributed by atoms with Crippen LogP contribution in [0.15, 0.2) is 65.5 Å². The van der Waals surface area contributed by atoms with Gasteiger partial charge in [-0.2, -0.15) is 0 Å². The fourth-order valence-corrected chi connectivity index (χ4v) is 4.78. The van der Waals surface area contributed by atoms with Crippen LogP contribution in [-0.4, -0.2) is 28.1 Å². The van der Waals surface area contributed by atoms with E-state index in [4.69, 9.17) is 27.9 Å². The van der Waals surface area contributed by atoms with Crippen molar-refractivity contribution in [1.82, 2.24) is 9.47 Å². The molecule has 0 saturated carbocycles. The standard InChI is InChI=1S/C29H34Cl2N2O3/c1-6-25(21-10-8-7-9-11-21)32(5)19-26-23(30)18-24(31)27(34)33(26)17-16-20-12-14-22(15-13-20)28(35)36-29(2,3)4/h7-15,18,25H,6,16-17,19H2,1-5H3. The third kappa shape index (κ3) is 7.22. The highest BCUT2D eigenvalue weighted by atomic mass is 35.5. The Hall–Kier alpha value is -2.60. The SMILES string of the molecule is CCC(c1ccccc1)N(C)Cc1c(Cl)cc(Cl)c(=O)n1CCc1ccc(C(=O)OC(C)(C)C)cc1. The molecule has 0 N–H and O–H groups in total. The van der Waals surface area contributed by atoms with E-state index in [0.717, 1.165) is 17.7 Å². The third-order valence-electron chi connectivity index (χ3n) is 6.02. The lowest BCUT2D eigenvalue weighted by Gasteiger charge is -2.29. The van der Waals surface area contributed by atoms with Crippen molar-refractivity contribution in [3.05, 3.63) is 103 Å².